The summed E-state index contributed by atoms with van der Waals surface area (Å²) in [4.78, 5) is 12.5. The molecule has 1 heterocycles. The minimum absolute atomic E-state index is 0.171. The molecule has 2 aliphatic rings. The maximum Gasteiger partial charge on any atom is 0.471 e. The summed E-state index contributed by atoms with van der Waals surface area (Å²) in [6.45, 7) is 0.171. The summed E-state index contributed by atoms with van der Waals surface area (Å²) >= 11 is 0. The molecule has 1 saturated carbocycles. The van der Waals surface area contributed by atoms with Crippen LogP contribution in [-0.2, 0) is 10.2 Å². The SMILES string of the molecule is O=C(N1CC2(CCCC2)c2ccccc21)C(F)(F)F. The molecule has 0 saturated heterocycles. The molecule has 1 aromatic rings. The van der Waals surface area contributed by atoms with E-state index in [2.05, 4.69) is 0 Å². The molecule has 19 heavy (non-hydrogen) atoms. The molecule has 0 N–H and O–H groups in total. The second-order valence-corrected chi connectivity index (χ2v) is 5.39. The number of rotatable bonds is 0. The molecule has 5 heteroatoms. The number of amides is 1. The van der Waals surface area contributed by atoms with Crippen LogP contribution in [0.15, 0.2) is 24.3 Å². The van der Waals surface area contributed by atoms with Crippen molar-refractivity contribution in [3.8, 4) is 0 Å². The molecule has 3 rings (SSSR count). The standard InChI is InChI=1S/C14H14F3NO/c15-14(16,17)12(19)18-9-13(7-3-4-8-13)10-5-1-2-6-11(10)18/h1-2,5-6H,3-4,7-9H2. The molecule has 102 valence electrons. The summed E-state index contributed by atoms with van der Waals surface area (Å²) in [5.41, 5.74) is 1.09. The number of hydrogen-bond acceptors (Lipinski definition) is 1. The van der Waals surface area contributed by atoms with E-state index in [9.17, 15) is 18.0 Å². The van der Waals surface area contributed by atoms with E-state index in [0.29, 0.717) is 5.69 Å². The Hall–Kier alpha value is -1.52. The molecular formula is C14H14F3NO. The third-order valence-corrected chi connectivity index (χ3v) is 4.28. The number of fused-ring (bicyclic) bond motifs is 2. The van der Waals surface area contributed by atoms with Crippen LogP contribution in [0.4, 0.5) is 18.9 Å². The molecule has 0 atom stereocenters. The largest absolute Gasteiger partial charge is 0.471 e. The highest BCUT2D eigenvalue weighted by Gasteiger charge is 2.51. The van der Waals surface area contributed by atoms with E-state index in [-0.39, 0.29) is 12.0 Å². The Kier molecular flexibility index (Phi) is 2.62. The molecule has 1 aromatic carbocycles. The zero-order valence-corrected chi connectivity index (χ0v) is 10.3. The second-order valence-electron chi connectivity index (χ2n) is 5.39. The Morgan fingerprint density at radius 1 is 1.16 bits per heavy atom. The fraction of sp³-hybridized carbons (Fsp3) is 0.500. The van der Waals surface area contributed by atoms with Gasteiger partial charge in [-0.25, -0.2) is 0 Å². The molecule has 1 aliphatic carbocycles. The van der Waals surface area contributed by atoms with Gasteiger partial charge in [0.25, 0.3) is 0 Å². The van der Waals surface area contributed by atoms with Crippen molar-refractivity contribution in [3.05, 3.63) is 29.8 Å². The monoisotopic (exact) mass is 269 g/mol. The summed E-state index contributed by atoms with van der Waals surface area (Å²) in [5.74, 6) is -1.75. The number of halogens is 3. The van der Waals surface area contributed by atoms with Gasteiger partial charge in [-0.1, -0.05) is 31.0 Å². The molecule has 0 unspecified atom stereocenters. The summed E-state index contributed by atoms with van der Waals surface area (Å²) in [5, 5.41) is 0. The number of carbonyl (C=O) groups is 1. The Labute approximate surface area is 109 Å². The Balaban J connectivity index is 2.04. The second kappa shape index (κ2) is 3.99. The van der Waals surface area contributed by atoms with Gasteiger partial charge in [0.15, 0.2) is 0 Å². The first kappa shape index (κ1) is 12.5. The van der Waals surface area contributed by atoms with Crippen LogP contribution in [0, 0.1) is 0 Å². The fourth-order valence-electron chi connectivity index (χ4n) is 3.44. The van der Waals surface area contributed by atoms with Crippen LogP contribution < -0.4 is 4.90 Å². The van der Waals surface area contributed by atoms with Crippen molar-refractivity contribution in [2.75, 3.05) is 11.4 Å². The van der Waals surface area contributed by atoms with Crippen LogP contribution >= 0.6 is 0 Å². The van der Waals surface area contributed by atoms with Gasteiger partial charge in [-0.05, 0) is 24.5 Å². The Bertz CT molecular complexity index is 518. The molecule has 1 spiro atoms. The van der Waals surface area contributed by atoms with Crippen LogP contribution in [-0.4, -0.2) is 18.6 Å². The highest BCUT2D eigenvalue weighted by atomic mass is 19.4. The van der Waals surface area contributed by atoms with Crippen molar-refractivity contribution in [1.82, 2.24) is 0 Å². The number of carbonyl (C=O) groups excluding carboxylic acids is 1. The van der Waals surface area contributed by atoms with E-state index in [4.69, 9.17) is 0 Å². The van der Waals surface area contributed by atoms with Crippen molar-refractivity contribution in [2.24, 2.45) is 0 Å². The molecule has 0 radical (unpaired) electrons. The minimum atomic E-state index is -4.81. The number of benzene rings is 1. The molecule has 1 aliphatic heterocycles. The van der Waals surface area contributed by atoms with Crippen LogP contribution in [0.3, 0.4) is 0 Å². The van der Waals surface area contributed by atoms with E-state index in [0.717, 1.165) is 36.1 Å². The van der Waals surface area contributed by atoms with Gasteiger partial charge in [-0.2, -0.15) is 13.2 Å². The molecular weight excluding hydrogens is 255 g/mol. The topological polar surface area (TPSA) is 20.3 Å². The van der Waals surface area contributed by atoms with Crippen molar-refractivity contribution in [1.29, 1.82) is 0 Å². The summed E-state index contributed by atoms with van der Waals surface area (Å²) in [6.07, 6.45) is -1.04. The van der Waals surface area contributed by atoms with Gasteiger partial charge in [0.2, 0.25) is 0 Å². The Morgan fingerprint density at radius 3 is 2.42 bits per heavy atom. The average Bonchev–Trinajstić information content (AvgIpc) is 2.95. The van der Waals surface area contributed by atoms with Crippen LogP contribution in [0.1, 0.15) is 31.2 Å². The van der Waals surface area contributed by atoms with Crippen molar-refractivity contribution in [2.45, 2.75) is 37.3 Å². The highest BCUT2D eigenvalue weighted by Crippen LogP contribution is 2.50. The third-order valence-electron chi connectivity index (χ3n) is 4.28. The lowest BCUT2D eigenvalue weighted by Crippen LogP contribution is -2.43. The average molecular weight is 269 g/mol. The van der Waals surface area contributed by atoms with Crippen LogP contribution in [0.25, 0.3) is 0 Å². The van der Waals surface area contributed by atoms with E-state index < -0.39 is 12.1 Å². The maximum atomic E-state index is 12.7. The van der Waals surface area contributed by atoms with E-state index in [1.54, 1.807) is 12.1 Å². The van der Waals surface area contributed by atoms with E-state index >= 15 is 0 Å². The predicted molar refractivity (Wildman–Crippen MR) is 65.0 cm³/mol. The molecule has 1 fully saturated rings. The maximum absolute atomic E-state index is 12.7. The van der Waals surface area contributed by atoms with Crippen molar-refractivity contribution < 1.29 is 18.0 Å². The lowest BCUT2D eigenvalue weighted by Gasteiger charge is -2.25. The summed E-state index contributed by atoms with van der Waals surface area (Å²) < 4.78 is 38.0. The number of nitrogens with zero attached hydrogens (tertiary/aromatic N) is 1. The Morgan fingerprint density at radius 2 is 1.79 bits per heavy atom. The number of anilines is 1. The number of hydrogen-bond donors (Lipinski definition) is 0. The van der Waals surface area contributed by atoms with Crippen LogP contribution in [0.2, 0.25) is 0 Å². The summed E-state index contributed by atoms with van der Waals surface area (Å²) in [6, 6.07) is 7.00. The van der Waals surface area contributed by atoms with Gasteiger partial charge in [-0.15, -0.1) is 0 Å². The van der Waals surface area contributed by atoms with Gasteiger partial charge in [0, 0.05) is 17.6 Å². The molecule has 0 bridgehead atoms. The predicted octanol–water partition coefficient (Wildman–Crippen LogP) is 3.41. The van der Waals surface area contributed by atoms with Crippen LogP contribution in [0.5, 0.6) is 0 Å². The van der Waals surface area contributed by atoms with Gasteiger partial charge in [0.05, 0.1) is 0 Å². The third kappa shape index (κ3) is 1.83. The van der Waals surface area contributed by atoms with E-state index in [1.165, 1.54) is 0 Å². The quantitative estimate of drug-likeness (QED) is 0.706. The van der Waals surface area contributed by atoms with E-state index in [1.807, 2.05) is 12.1 Å². The fourth-order valence-corrected chi connectivity index (χ4v) is 3.44. The first-order valence-electron chi connectivity index (χ1n) is 6.42. The summed E-state index contributed by atoms with van der Waals surface area (Å²) in [7, 11) is 0. The van der Waals surface area contributed by atoms with Gasteiger partial charge in [-0.3, -0.25) is 4.79 Å². The lowest BCUT2D eigenvalue weighted by molar-refractivity contribution is -0.170. The zero-order valence-electron chi connectivity index (χ0n) is 10.3. The number of alkyl halides is 3. The molecule has 0 aromatic heterocycles. The molecule has 1 amide bonds. The number of para-hydroxylation sites is 1. The van der Waals surface area contributed by atoms with Gasteiger partial charge >= 0.3 is 12.1 Å². The highest BCUT2D eigenvalue weighted by molar-refractivity contribution is 5.99. The lowest BCUT2D eigenvalue weighted by atomic mass is 9.81. The zero-order chi connectivity index (χ0) is 13.7. The van der Waals surface area contributed by atoms with Gasteiger partial charge in [0.1, 0.15) is 0 Å². The normalized spacial score (nSPS) is 20.9. The van der Waals surface area contributed by atoms with Crippen molar-refractivity contribution >= 4 is 11.6 Å². The van der Waals surface area contributed by atoms with Crippen molar-refractivity contribution in [3.63, 3.8) is 0 Å². The minimum Gasteiger partial charge on any atom is -0.303 e. The first-order chi connectivity index (χ1) is 8.94. The smallest absolute Gasteiger partial charge is 0.303 e. The molecule has 2 nitrogen and oxygen atoms in total. The van der Waals surface area contributed by atoms with Gasteiger partial charge < -0.3 is 4.90 Å². The first-order valence-corrected chi connectivity index (χ1v) is 6.42.